The summed E-state index contributed by atoms with van der Waals surface area (Å²) in [6.45, 7) is 0.889. The number of nitrogens with one attached hydrogen (secondary N) is 2. The summed E-state index contributed by atoms with van der Waals surface area (Å²) in [7, 11) is 0. The van der Waals surface area contributed by atoms with E-state index >= 15 is 0 Å². The fraction of sp³-hybridized carbons (Fsp3) is 0.385. The van der Waals surface area contributed by atoms with E-state index in [1.165, 1.54) is 10.5 Å². The third-order valence-corrected chi connectivity index (χ3v) is 7.04. The Labute approximate surface area is 198 Å². The SMILES string of the molecule is O=C(CCCN1C(=O)NC2(CCCC2)C1=O)Nc1ccc(C(=O)N2CCc3ccccc32)cc1. The van der Waals surface area contributed by atoms with Gasteiger partial charge in [-0.25, -0.2) is 4.79 Å². The Bertz CT molecular complexity index is 1140. The Morgan fingerprint density at radius 1 is 1.00 bits per heavy atom. The minimum Gasteiger partial charge on any atom is -0.326 e. The Kier molecular flexibility index (Phi) is 5.81. The van der Waals surface area contributed by atoms with E-state index in [1.54, 1.807) is 29.2 Å². The first-order chi connectivity index (χ1) is 16.5. The number of fused-ring (bicyclic) bond motifs is 1. The van der Waals surface area contributed by atoms with E-state index in [4.69, 9.17) is 0 Å². The van der Waals surface area contributed by atoms with Gasteiger partial charge in [-0.3, -0.25) is 19.3 Å². The van der Waals surface area contributed by atoms with E-state index in [1.807, 2.05) is 24.3 Å². The smallest absolute Gasteiger partial charge is 0.325 e. The average Bonchev–Trinajstić information content (AvgIpc) is 3.54. The maximum absolute atomic E-state index is 12.9. The van der Waals surface area contributed by atoms with E-state index < -0.39 is 5.54 Å². The summed E-state index contributed by atoms with van der Waals surface area (Å²) in [4.78, 5) is 53.2. The van der Waals surface area contributed by atoms with Gasteiger partial charge >= 0.3 is 6.03 Å². The zero-order valence-electron chi connectivity index (χ0n) is 19.0. The molecule has 8 nitrogen and oxygen atoms in total. The first kappa shape index (κ1) is 22.1. The summed E-state index contributed by atoms with van der Waals surface area (Å²) in [5, 5.41) is 5.67. The highest BCUT2D eigenvalue weighted by atomic mass is 16.2. The van der Waals surface area contributed by atoms with Crippen molar-refractivity contribution >= 4 is 35.1 Å². The molecule has 2 N–H and O–H groups in total. The van der Waals surface area contributed by atoms with Gasteiger partial charge in [-0.15, -0.1) is 0 Å². The van der Waals surface area contributed by atoms with Gasteiger partial charge in [-0.05, 0) is 61.6 Å². The molecule has 0 bridgehead atoms. The van der Waals surface area contributed by atoms with E-state index in [0.717, 1.165) is 24.9 Å². The topological polar surface area (TPSA) is 98.8 Å². The van der Waals surface area contributed by atoms with Crippen LogP contribution in [-0.4, -0.2) is 47.3 Å². The third-order valence-electron chi connectivity index (χ3n) is 7.04. The molecule has 2 aromatic rings. The van der Waals surface area contributed by atoms with Gasteiger partial charge in [-0.2, -0.15) is 0 Å². The van der Waals surface area contributed by atoms with Crippen molar-refractivity contribution in [2.24, 2.45) is 0 Å². The van der Waals surface area contributed by atoms with Crippen molar-refractivity contribution in [1.29, 1.82) is 0 Å². The molecule has 8 heteroatoms. The standard InChI is InChI=1S/C26H28N4O4/c31-22(8-5-16-30-24(33)26(28-25(30)34)14-3-4-15-26)27-20-11-9-19(10-12-20)23(32)29-17-13-18-6-1-2-7-21(18)29/h1-2,6-7,9-12H,3-5,8,13-17H2,(H,27,31)(H,28,34). The molecule has 176 valence electrons. The second kappa shape index (κ2) is 8.93. The van der Waals surface area contributed by atoms with Crippen LogP contribution in [0.1, 0.15) is 54.4 Å². The number of urea groups is 1. The molecule has 0 unspecified atom stereocenters. The van der Waals surface area contributed by atoms with Crippen LogP contribution in [0, 0.1) is 0 Å². The number of para-hydroxylation sites is 1. The lowest BCUT2D eigenvalue weighted by molar-refractivity contribution is -0.131. The number of hydrogen-bond donors (Lipinski definition) is 2. The molecule has 2 aliphatic heterocycles. The van der Waals surface area contributed by atoms with Crippen LogP contribution < -0.4 is 15.5 Å². The number of imide groups is 1. The number of benzene rings is 2. The van der Waals surface area contributed by atoms with Gasteiger partial charge in [-0.1, -0.05) is 31.0 Å². The van der Waals surface area contributed by atoms with Crippen LogP contribution in [0.15, 0.2) is 48.5 Å². The molecule has 1 saturated heterocycles. The normalized spacial score (nSPS) is 18.4. The minimum atomic E-state index is -0.713. The molecule has 2 aromatic carbocycles. The van der Waals surface area contributed by atoms with Crippen LogP contribution in [0.2, 0.25) is 0 Å². The molecule has 5 amide bonds. The monoisotopic (exact) mass is 460 g/mol. The maximum Gasteiger partial charge on any atom is 0.325 e. The van der Waals surface area contributed by atoms with Crippen LogP contribution >= 0.6 is 0 Å². The van der Waals surface area contributed by atoms with E-state index in [0.29, 0.717) is 37.1 Å². The number of rotatable bonds is 6. The summed E-state index contributed by atoms with van der Waals surface area (Å²) in [6, 6.07) is 14.4. The molecule has 3 aliphatic rings. The molecule has 0 aromatic heterocycles. The first-order valence-electron chi connectivity index (χ1n) is 11.9. The molecular weight excluding hydrogens is 432 g/mol. The fourth-order valence-electron chi connectivity index (χ4n) is 5.22. The molecule has 0 atom stereocenters. The summed E-state index contributed by atoms with van der Waals surface area (Å²) in [6.07, 6.45) is 4.70. The molecule has 1 aliphatic carbocycles. The molecule has 1 spiro atoms. The van der Waals surface area contributed by atoms with Crippen molar-refractivity contribution in [1.82, 2.24) is 10.2 Å². The van der Waals surface area contributed by atoms with Crippen LogP contribution in [0.4, 0.5) is 16.2 Å². The Hall–Kier alpha value is -3.68. The lowest BCUT2D eigenvalue weighted by Gasteiger charge is -2.19. The number of hydrogen-bond acceptors (Lipinski definition) is 4. The second-order valence-electron chi connectivity index (χ2n) is 9.24. The van der Waals surface area contributed by atoms with Crippen LogP contribution in [-0.2, 0) is 16.0 Å². The van der Waals surface area contributed by atoms with Crippen LogP contribution in [0.3, 0.4) is 0 Å². The van der Waals surface area contributed by atoms with Crippen molar-refractivity contribution in [2.45, 2.75) is 50.5 Å². The Balaban J connectivity index is 1.12. The van der Waals surface area contributed by atoms with Gasteiger partial charge in [0.2, 0.25) is 5.91 Å². The summed E-state index contributed by atoms with van der Waals surface area (Å²) in [5.74, 6) is -0.414. The van der Waals surface area contributed by atoms with Crippen molar-refractivity contribution in [2.75, 3.05) is 23.3 Å². The average molecular weight is 461 g/mol. The molecule has 1 saturated carbocycles. The van der Waals surface area contributed by atoms with E-state index in [9.17, 15) is 19.2 Å². The molecule has 34 heavy (non-hydrogen) atoms. The number of carbonyl (C=O) groups excluding carboxylic acids is 4. The van der Waals surface area contributed by atoms with Gasteiger partial charge < -0.3 is 15.5 Å². The van der Waals surface area contributed by atoms with Gasteiger partial charge in [0.15, 0.2) is 0 Å². The first-order valence-corrected chi connectivity index (χ1v) is 11.9. The van der Waals surface area contributed by atoms with Crippen molar-refractivity contribution in [3.63, 3.8) is 0 Å². The summed E-state index contributed by atoms with van der Waals surface area (Å²) < 4.78 is 0. The Morgan fingerprint density at radius 2 is 1.74 bits per heavy atom. The van der Waals surface area contributed by atoms with Crippen LogP contribution in [0.25, 0.3) is 0 Å². The number of amides is 5. The van der Waals surface area contributed by atoms with Gasteiger partial charge in [0.25, 0.3) is 11.8 Å². The molecule has 2 heterocycles. The second-order valence-corrected chi connectivity index (χ2v) is 9.24. The number of nitrogens with zero attached hydrogens (tertiary/aromatic N) is 2. The van der Waals surface area contributed by atoms with Crippen molar-refractivity contribution in [3.8, 4) is 0 Å². The molecular formula is C26H28N4O4. The lowest BCUT2D eigenvalue weighted by Crippen LogP contribution is -2.44. The maximum atomic E-state index is 12.9. The Morgan fingerprint density at radius 3 is 2.50 bits per heavy atom. The van der Waals surface area contributed by atoms with Crippen molar-refractivity contribution in [3.05, 3.63) is 59.7 Å². The van der Waals surface area contributed by atoms with Gasteiger partial charge in [0, 0.05) is 36.4 Å². The molecule has 2 fully saturated rings. The van der Waals surface area contributed by atoms with Gasteiger partial charge in [0.05, 0.1) is 0 Å². The number of carbonyl (C=O) groups is 4. The van der Waals surface area contributed by atoms with E-state index in [-0.39, 0.29) is 36.7 Å². The highest BCUT2D eigenvalue weighted by Crippen LogP contribution is 2.35. The highest BCUT2D eigenvalue weighted by molar-refractivity contribution is 6.08. The molecule has 5 rings (SSSR count). The van der Waals surface area contributed by atoms with E-state index in [2.05, 4.69) is 10.6 Å². The predicted molar refractivity (Wildman–Crippen MR) is 128 cm³/mol. The zero-order chi connectivity index (χ0) is 23.7. The van der Waals surface area contributed by atoms with Gasteiger partial charge in [0.1, 0.15) is 5.54 Å². The minimum absolute atomic E-state index is 0.0589. The molecule has 0 radical (unpaired) electrons. The third kappa shape index (κ3) is 4.04. The number of anilines is 2. The largest absolute Gasteiger partial charge is 0.326 e. The summed E-state index contributed by atoms with van der Waals surface area (Å²) >= 11 is 0. The van der Waals surface area contributed by atoms with Crippen molar-refractivity contribution < 1.29 is 19.2 Å². The summed E-state index contributed by atoms with van der Waals surface area (Å²) in [5.41, 5.74) is 2.58. The fourth-order valence-corrected chi connectivity index (χ4v) is 5.22. The zero-order valence-corrected chi connectivity index (χ0v) is 19.0. The quantitative estimate of drug-likeness (QED) is 0.645. The predicted octanol–water partition coefficient (Wildman–Crippen LogP) is 3.47. The highest BCUT2D eigenvalue weighted by Gasteiger charge is 2.52. The lowest BCUT2D eigenvalue weighted by atomic mass is 9.98. The van der Waals surface area contributed by atoms with Crippen LogP contribution in [0.5, 0.6) is 0 Å².